The van der Waals surface area contributed by atoms with Crippen LogP contribution in [0.4, 0.5) is 0 Å². The summed E-state index contributed by atoms with van der Waals surface area (Å²) in [6.45, 7) is 1.82. The third-order valence-corrected chi connectivity index (χ3v) is 5.28. The number of carbonyl (C=O) groups excluding carboxylic acids is 5. The molecule has 2 heterocycles. The van der Waals surface area contributed by atoms with Crippen LogP contribution in [0.15, 0.2) is 0 Å². The van der Waals surface area contributed by atoms with Crippen LogP contribution in [0.2, 0.25) is 0 Å². The highest BCUT2D eigenvalue weighted by Crippen LogP contribution is 2.12. The van der Waals surface area contributed by atoms with Crippen molar-refractivity contribution < 1.29 is 38.1 Å². The van der Waals surface area contributed by atoms with E-state index >= 15 is 0 Å². The minimum Gasteiger partial charge on any atom is -0.616 e. The normalized spacial score (nSPS) is 18.2. The van der Waals surface area contributed by atoms with E-state index in [9.17, 15) is 28.5 Å². The molecule has 0 aromatic carbocycles. The van der Waals surface area contributed by atoms with Crippen molar-refractivity contribution in [1.29, 1.82) is 0 Å². The molecule has 11 nitrogen and oxygen atoms in total. The fourth-order valence-electron chi connectivity index (χ4n) is 2.52. The van der Waals surface area contributed by atoms with Crippen LogP contribution in [0.1, 0.15) is 25.7 Å². The maximum Gasteiger partial charge on any atom is 0.334 e. The lowest BCUT2D eigenvalue weighted by Crippen LogP contribution is -2.43. The SMILES string of the molecule is O=C(CC[S+]([O-])CC(=O)N1CCOCC1)NCCC(=O)ON1C(=O)CCC1=O. The summed E-state index contributed by atoms with van der Waals surface area (Å²) in [6.07, 6.45) is -0.259. The molecule has 0 radical (unpaired) electrons. The Hall–Kier alpha value is -2.18. The highest BCUT2D eigenvalue weighted by Gasteiger charge is 2.32. The summed E-state index contributed by atoms with van der Waals surface area (Å²) in [5, 5.41) is 2.90. The van der Waals surface area contributed by atoms with E-state index in [0.29, 0.717) is 31.4 Å². The van der Waals surface area contributed by atoms with E-state index < -0.39 is 34.9 Å². The lowest BCUT2D eigenvalue weighted by atomic mass is 10.4. The van der Waals surface area contributed by atoms with Crippen molar-refractivity contribution in [3.63, 3.8) is 0 Å². The first-order chi connectivity index (χ1) is 13.4. The molecular weight excluding hydrogens is 394 g/mol. The fraction of sp³-hybridized carbons (Fsp3) is 0.688. The number of imide groups is 1. The maximum atomic E-state index is 12.0. The molecule has 2 fully saturated rings. The molecule has 0 aliphatic carbocycles. The highest BCUT2D eigenvalue weighted by atomic mass is 32.2. The Kier molecular flexibility index (Phi) is 8.67. The van der Waals surface area contributed by atoms with Gasteiger partial charge in [-0.2, -0.15) is 0 Å². The predicted octanol–water partition coefficient (Wildman–Crippen LogP) is -1.90. The zero-order valence-corrected chi connectivity index (χ0v) is 16.2. The van der Waals surface area contributed by atoms with E-state index in [1.165, 1.54) is 0 Å². The van der Waals surface area contributed by atoms with Crippen LogP contribution in [0.5, 0.6) is 0 Å². The van der Waals surface area contributed by atoms with Gasteiger partial charge in [-0.25, -0.2) is 4.79 Å². The van der Waals surface area contributed by atoms with Gasteiger partial charge >= 0.3 is 5.97 Å². The third-order valence-electron chi connectivity index (χ3n) is 4.06. The molecule has 0 saturated carbocycles. The first kappa shape index (κ1) is 22.1. The van der Waals surface area contributed by atoms with Gasteiger partial charge in [0.25, 0.3) is 17.7 Å². The second-order valence-corrected chi connectivity index (χ2v) is 7.75. The molecule has 2 aliphatic heterocycles. The Labute approximate surface area is 164 Å². The Morgan fingerprint density at radius 2 is 1.75 bits per heavy atom. The van der Waals surface area contributed by atoms with Crippen molar-refractivity contribution in [2.24, 2.45) is 0 Å². The first-order valence-electron chi connectivity index (χ1n) is 8.90. The Bertz CT molecular complexity index is 607. The van der Waals surface area contributed by atoms with Crippen molar-refractivity contribution in [1.82, 2.24) is 15.3 Å². The van der Waals surface area contributed by atoms with Gasteiger partial charge in [-0.15, -0.1) is 5.06 Å². The number of nitrogens with one attached hydrogen (secondary N) is 1. The molecule has 0 aromatic rings. The van der Waals surface area contributed by atoms with E-state index in [0.717, 1.165) is 0 Å². The lowest BCUT2D eigenvalue weighted by molar-refractivity contribution is -0.197. The van der Waals surface area contributed by atoms with Gasteiger partial charge in [0.2, 0.25) is 5.91 Å². The van der Waals surface area contributed by atoms with E-state index in [1.54, 1.807) is 4.90 Å². The Balaban J connectivity index is 1.56. The molecule has 0 aromatic heterocycles. The van der Waals surface area contributed by atoms with Crippen LogP contribution >= 0.6 is 0 Å². The van der Waals surface area contributed by atoms with Gasteiger partial charge in [-0.3, -0.25) is 19.2 Å². The summed E-state index contributed by atoms with van der Waals surface area (Å²) in [5.74, 6) is -2.72. The van der Waals surface area contributed by atoms with Crippen molar-refractivity contribution in [3.8, 4) is 0 Å². The van der Waals surface area contributed by atoms with Crippen LogP contribution in [0.3, 0.4) is 0 Å². The molecule has 2 saturated heterocycles. The number of hydroxylamine groups is 2. The first-order valence-corrected chi connectivity index (χ1v) is 10.4. The van der Waals surface area contributed by atoms with E-state index in [1.807, 2.05) is 0 Å². The van der Waals surface area contributed by atoms with E-state index in [2.05, 4.69) is 10.2 Å². The fourth-order valence-corrected chi connectivity index (χ4v) is 3.53. The average molecular weight is 417 g/mol. The zero-order chi connectivity index (χ0) is 20.5. The van der Waals surface area contributed by atoms with Gasteiger partial charge in [0.1, 0.15) is 5.75 Å². The monoisotopic (exact) mass is 417 g/mol. The number of carbonyl (C=O) groups is 5. The van der Waals surface area contributed by atoms with Gasteiger partial charge in [-0.1, -0.05) is 0 Å². The maximum absolute atomic E-state index is 12.0. The molecule has 4 amide bonds. The predicted molar refractivity (Wildman–Crippen MR) is 94.7 cm³/mol. The topological polar surface area (TPSA) is 145 Å². The van der Waals surface area contributed by atoms with Crippen molar-refractivity contribution in [2.45, 2.75) is 25.7 Å². The smallest absolute Gasteiger partial charge is 0.334 e. The van der Waals surface area contributed by atoms with Crippen LogP contribution < -0.4 is 5.32 Å². The average Bonchev–Trinajstić information content (AvgIpc) is 2.99. The number of amides is 4. The summed E-state index contributed by atoms with van der Waals surface area (Å²) >= 11 is -1.46. The molecule has 1 atom stereocenters. The highest BCUT2D eigenvalue weighted by molar-refractivity contribution is 7.92. The molecular formula is C16H23N3O8S. The van der Waals surface area contributed by atoms with Gasteiger partial charge < -0.3 is 24.3 Å². The minimum absolute atomic E-state index is 0.00797. The number of rotatable bonds is 9. The zero-order valence-electron chi connectivity index (χ0n) is 15.3. The summed E-state index contributed by atoms with van der Waals surface area (Å²) in [7, 11) is 0. The molecule has 2 aliphatic rings. The number of nitrogens with zero attached hydrogens (tertiary/aromatic N) is 2. The minimum atomic E-state index is -1.46. The molecule has 0 bridgehead atoms. The van der Waals surface area contributed by atoms with Crippen molar-refractivity contribution in [3.05, 3.63) is 0 Å². The number of ether oxygens (including phenoxy) is 1. The molecule has 12 heteroatoms. The van der Waals surface area contributed by atoms with Gasteiger partial charge in [0.15, 0.2) is 5.75 Å². The van der Waals surface area contributed by atoms with Crippen LogP contribution in [0, 0.1) is 0 Å². The molecule has 1 unspecified atom stereocenters. The molecule has 28 heavy (non-hydrogen) atoms. The summed E-state index contributed by atoms with van der Waals surface area (Å²) in [6, 6.07) is 0. The Morgan fingerprint density at radius 3 is 2.39 bits per heavy atom. The molecule has 1 N–H and O–H groups in total. The third kappa shape index (κ3) is 7.09. The van der Waals surface area contributed by atoms with Gasteiger partial charge in [0, 0.05) is 32.5 Å². The van der Waals surface area contributed by atoms with Crippen molar-refractivity contribution >= 4 is 40.8 Å². The molecule has 0 spiro atoms. The molecule has 156 valence electrons. The van der Waals surface area contributed by atoms with Crippen molar-refractivity contribution in [2.75, 3.05) is 44.4 Å². The lowest BCUT2D eigenvalue weighted by Gasteiger charge is -2.26. The second-order valence-electron chi connectivity index (χ2n) is 6.18. The summed E-state index contributed by atoms with van der Waals surface area (Å²) in [4.78, 5) is 64.2. The molecule has 2 rings (SSSR count). The summed E-state index contributed by atoms with van der Waals surface area (Å²) < 4.78 is 17.1. The number of morpholine rings is 1. The van der Waals surface area contributed by atoms with Gasteiger partial charge in [-0.05, 0) is 11.2 Å². The Morgan fingerprint density at radius 1 is 1.11 bits per heavy atom. The second kappa shape index (κ2) is 11.0. The van der Waals surface area contributed by atoms with E-state index in [4.69, 9.17) is 4.74 Å². The van der Waals surface area contributed by atoms with Gasteiger partial charge in [0.05, 0.1) is 26.1 Å². The standard InChI is InChI=1S/C16H23N3O8S/c20-12(4-10-28(25)11-15(23)18-6-8-26-9-7-18)17-5-3-16(24)27-19-13(21)1-2-14(19)22/h1-11H2,(H,17,20). The summed E-state index contributed by atoms with van der Waals surface area (Å²) in [5.41, 5.74) is 0. The quantitative estimate of drug-likeness (QED) is 0.338. The van der Waals surface area contributed by atoms with Crippen LogP contribution in [0.25, 0.3) is 0 Å². The number of hydrogen-bond acceptors (Lipinski definition) is 8. The van der Waals surface area contributed by atoms with Crippen LogP contribution in [-0.2, 0) is 44.7 Å². The number of hydrogen-bond donors (Lipinski definition) is 1. The van der Waals surface area contributed by atoms with Crippen LogP contribution in [-0.4, -0.2) is 88.5 Å². The largest absolute Gasteiger partial charge is 0.616 e. The van der Waals surface area contributed by atoms with E-state index in [-0.39, 0.29) is 49.6 Å².